The lowest BCUT2D eigenvalue weighted by Crippen LogP contribution is -2.13. The molecular weight excluding hydrogens is 140 g/mol. The van der Waals surface area contributed by atoms with E-state index in [0.717, 1.165) is 0 Å². The molecule has 0 aromatic rings. The van der Waals surface area contributed by atoms with E-state index in [4.69, 9.17) is 15.5 Å². The topological polar surface area (TPSA) is 9.23 Å². The fraction of sp³-hybridized carbons (Fsp3) is 0.600. The smallest absolute Gasteiger partial charge is 0.298 e. The summed E-state index contributed by atoms with van der Waals surface area (Å²) in [6, 6.07) is 0. The molecule has 0 aromatic carbocycles. The molecule has 0 saturated carbocycles. The summed E-state index contributed by atoms with van der Waals surface area (Å²) in [7, 11) is -1.50. The van der Waals surface area contributed by atoms with Crippen molar-refractivity contribution in [3.63, 3.8) is 0 Å². The molecular formula is C5H11ClOSi. The molecule has 0 bridgehead atoms. The standard InChI is InChI=1S/C5H11ClOSi/c1-4-8(6)7-5(2)3/h4-5,8H,1H2,2-3H3. The minimum absolute atomic E-state index is 0.238. The Morgan fingerprint density at radius 1 is 1.75 bits per heavy atom. The maximum Gasteiger partial charge on any atom is 0.298 e. The minimum atomic E-state index is -1.50. The first-order valence-electron chi connectivity index (χ1n) is 2.59. The molecule has 0 spiro atoms. The molecule has 1 nitrogen and oxygen atoms in total. The lowest BCUT2D eigenvalue weighted by molar-refractivity contribution is 0.256. The largest absolute Gasteiger partial charge is 0.400 e. The van der Waals surface area contributed by atoms with Crippen molar-refractivity contribution in [2.45, 2.75) is 20.0 Å². The van der Waals surface area contributed by atoms with Gasteiger partial charge in [-0.3, -0.25) is 0 Å². The third-order valence-electron chi connectivity index (χ3n) is 0.587. The summed E-state index contributed by atoms with van der Waals surface area (Å²) in [6.07, 6.45) is 0.238. The second kappa shape index (κ2) is 4.12. The summed E-state index contributed by atoms with van der Waals surface area (Å²) >= 11 is 5.66. The van der Waals surface area contributed by atoms with Gasteiger partial charge in [-0.15, -0.1) is 17.7 Å². The molecule has 8 heavy (non-hydrogen) atoms. The van der Waals surface area contributed by atoms with Gasteiger partial charge in [-0.25, -0.2) is 0 Å². The van der Waals surface area contributed by atoms with Gasteiger partial charge >= 0.3 is 0 Å². The van der Waals surface area contributed by atoms with Gasteiger partial charge in [0.2, 0.25) is 0 Å². The van der Waals surface area contributed by atoms with Crippen molar-refractivity contribution < 1.29 is 4.43 Å². The quantitative estimate of drug-likeness (QED) is 0.439. The van der Waals surface area contributed by atoms with Gasteiger partial charge in [-0.1, -0.05) is 5.70 Å². The first-order valence-corrected chi connectivity index (χ1v) is 5.47. The second-order valence-electron chi connectivity index (χ2n) is 1.77. The summed E-state index contributed by atoms with van der Waals surface area (Å²) in [5.74, 6) is 0. The van der Waals surface area contributed by atoms with Crippen LogP contribution in [0.3, 0.4) is 0 Å². The van der Waals surface area contributed by atoms with Crippen LogP contribution >= 0.6 is 11.1 Å². The van der Waals surface area contributed by atoms with Gasteiger partial charge in [0.15, 0.2) is 0 Å². The first-order chi connectivity index (χ1) is 3.66. The van der Waals surface area contributed by atoms with Gasteiger partial charge in [0.25, 0.3) is 8.35 Å². The first kappa shape index (κ1) is 8.21. The molecule has 3 heteroatoms. The van der Waals surface area contributed by atoms with E-state index in [1.807, 2.05) is 13.8 Å². The molecule has 0 saturated heterocycles. The van der Waals surface area contributed by atoms with Gasteiger partial charge < -0.3 is 4.43 Å². The Kier molecular flexibility index (Phi) is 4.23. The van der Waals surface area contributed by atoms with Crippen molar-refractivity contribution in [1.29, 1.82) is 0 Å². The van der Waals surface area contributed by atoms with Crippen molar-refractivity contribution >= 4 is 19.4 Å². The van der Waals surface area contributed by atoms with E-state index in [-0.39, 0.29) is 6.10 Å². The molecule has 0 radical (unpaired) electrons. The fourth-order valence-corrected chi connectivity index (χ4v) is 1.56. The van der Waals surface area contributed by atoms with Crippen LogP contribution in [0.2, 0.25) is 0 Å². The fourth-order valence-electron chi connectivity index (χ4n) is 0.316. The van der Waals surface area contributed by atoms with Crippen LogP contribution in [0, 0.1) is 0 Å². The van der Waals surface area contributed by atoms with E-state index in [9.17, 15) is 0 Å². The van der Waals surface area contributed by atoms with Gasteiger partial charge in [-0.2, -0.15) is 0 Å². The zero-order valence-electron chi connectivity index (χ0n) is 5.23. The summed E-state index contributed by atoms with van der Waals surface area (Å²) in [6.45, 7) is 7.45. The van der Waals surface area contributed by atoms with Crippen LogP contribution in [-0.2, 0) is 4.43 Å². The lowest BCUT2D eigenvalue weighted by Gasteiger charge is -2.07. The highest BCUT2D eigenvalue weighted by Crippen LogP contribution is 1.97. The summed E-state index contributed by atoms with van der Waals surface area (Å²) in [5.41, 5.74) is 1.70. The molecule has 0 fully saturated rings. The van der Waals surface area contributed by atoms with Crippen LogP contribution in [0.25, 0.3) is 0 Å². The van der Waals surface area contributed by atoms with Crippen LogP contribution in [0.5, 0.6) is 0 Å². The Balaban J connectivity index is 3.23. The molecule has 0 amide bonds. The highest BCUT2D eigenvalue weighted by Gasteiger charge is 2.02. The van der Waals surface area contributed by atoms with Crippen molar-refractivity contribution in [2.24, 2.45) is 0 Å². The van der Waals surface area contributed by atoms with E-state index < -0.39 is 8.35 Å². The molecule has 0 rings (SSSR count). The van der Waals surface area contributed by atoms with E-state index in [1.165, 1.54) is 0 Å². The predicted molar refractivity (Wildman–Crippen MR) is 39.4 cm³/mol. The SMILES string of the molecule is C=C[SiH](Cl)OC(C)C. The molecule has 0 aromatic heterocycles. The highest BCUT2D eigenvalue weighted by molar-refractivity contribution is 7.06. The summed E-state index contributed by atoms with van der Waals surface area (Å²) < 4.78 is 5.19. The van der Waals surface area contributed by atoms with Gasteiger partial charge in [0, 0.05) is 6.10 Å². The van der Waals surface area contributed by atoms with E-state index >= 15 is 0 Å². The van der Waals surface area contributed by atoms with Gasteiger partial charge in [0.1, 0.15) is 0 Å². The van der Waals surface area contributed by atoms with Gasteiger partial charge in [-0.05, 0) is 13.8 Å². The molecule has 0 aliphatic rings. The molecule has 48 valence electrons. The van der Waals surface area contributed by atoms with Crippen LogP contribution < -0.4 is 0 Å². The maximum absolute atomic E-state index is 5.66. The van der Waals surface area contributed by atoms with E-state index in [0.29, 0.717) is 0 Å². The zero-order chi connectivity index (χ0) is 6.57. The number of hydrogen-bond acceptors (Lipinski definition) is 1. The molecule has 1 atom stereocenters. The molecule has 0 heterocycles. The Bertz CT molecular complexity index is 74.8. The normalized spacial score (nSPS) is 14.0. The van der Waals surface area contributed by atoms with Crippen LogP contribution in [0.15, 0.2) is 12.3 Å². The van der Waals surface area contributed by atoms with Crippen molar-refractivity contribution in [3.05, 3.63) is 12.3 Å². The average molecular weight is 151 g/mol. The second-order valence-corrected chi connectivity index (χ2v) is 4.51. The Morgan fingerprint density at radius 3 is 2.38 bits per heavy atom. The molecule has 0 N–H and O–H groups in total. The predicted octanol–water partition coefficient (Wildman–Crippen LogP) is 1.60. The third kappa shape index (κ3) is 4.37. The van der Waals surface area contributed by atoms with Crippen LogP contribution in [-0.4, -0.2) is 14.5 Å². The van der Waals surface area contributed by atoms with Crippen LogP contribution in [0.1, 0.15) is 13.8 Å². The minimum Gasteiger partial charge on any atom is -0.400 e. The van der Waals surface area contributed by atoms with Crippen LogP contribution in [0.4, 0.5) is 0 Å². The molecule has 0 aliphatic heterocycles. The highest BCUT2D eigenvalue weighted by atomic mass is 35.6. The summed E-state index contributed by atoms with van der Waals surface area (Å²) in [4.78, 5) is 0. The zero-order valence-corrected chi connectivity index (χ0v) is 7.14. The van der Waals surface area contributed by atoms with Gasteiger partial charge in [0.05, 0.1) is 0 Å². The monoisotopic (exact) mass is 150 g/mol. The number of hydrogen-bond donors (Lipinski definition) is 0. The maximum atomic E-state index is 5.66. The Labute approximate surface area is 56.7 Å². The van der Waals surface area contributed by atoms with E-state index in [1.54, 1.807) is 5.70 Å². The third-order valence-corrected chi connectivity index (χ3v) is 2.61. The van der Waals surface area contributed by atoms with Crippen molar-refractivity contribution in [1.82, 2.24) is 0 Å². The summed E-state index contributed by atoms with van der Waals surface area (Å²) in [5, 5.41) is 0. The Morgan fingerprint density at radius 2 is 2.25 bits per heavy atom. The van der Waals surface area contributed by atoms with Crippen molar-refractivity contribution in [2.75, 3.05) is 0 Å². The van der Waals surface area contributed by atoms with E-state index in [2.05, 4.69) is 6.58 Å². The molecule has 1 unspecified atom stereocenters. The number of halogens is 1. The lowest BCUT2D eigenvalue weighted by atomic mass is 10.5. The molecule has 0 aliphatic carbocycles. The number of rotatable bonds is 3. The Hall–Kier alpha value is 0.207. The average Bonchev–Trinajstić information content (AvgIpc) is 1.65. The van der Waals surface area contributed by atoms with Crippen molar-refractivity contribution in [3.8, 4) is 0 Å².